The van der Waals surface area contributed by atoms with Gasteiger partial charge in [0.25, 0.3) is 17.7 Å². The molecule has 0 saturated carbocycles. The number of carbonyl (C=O) groups is 6. The van der Waals surface area contributed by atoms with E-state index in [1.165, 1.54) is 35.9 Å². The number of esters is 2. The number of nitrogens with zero attached hydrogens (tertiary/aromatic N) is 4. The van der Waals surface area contributed by atoms with E-state index in [9.17, 15) is 28.8 Å². The molecule has 4 heterocycles. The average molecular weight is 1290 g/mol. The number of hydrogen-bond donors (Lipinski definition) is 3. The first-order valence-electron chi connectivity index (χ1n) is 29.8. The van der Waals surface area contributed by atoms with E-state index in [1.807, 2.05) is 72.8 Å². The van der Waals surface area contributed by atoms with E-state index in [2.05, 4.69) is 26.1 Å². The van der Waals surface area contributed by atoms with E-state index >= 15 is 0 Å². The molecule has 2 atom stereocenters. The van der Waals surface area contributed by atoms with E-state index < -0.39 is 63.8 Å². The fourth-order valence-electron chi connectivity index (χ4n) is 10.3. The van der Waals surface area contributed by atoms with Crippen molar-refractivity contribution in [2.24, 2.45) is 5.16 Å². The summed E-state index contributed by atoms with van der Waals surface area (Å²) in [6.45, 7) is 16.2. The van der Waals surface area contributed by atoms with Crippen molar-refractivity contribution in [3.8, 4) is 28.7 Å². The largest absolute Gasteiger partial charge is 0.497 e. The van der Waals surface area contributed by atoms with Crippen molar-refractivity contribution in [1.29, 1.82) is 0 Å². The molecule has 22 nitrogen and oxygen atoms in total. The molecule has 2 fully saturated rings. The third-order valence-electron chi connectivity index (χ3n) is 15.1. The molecule has 482 valence electrons. The Labute approximate surface area is 537 Å². The number of aromatic nitrogens is 1. The number of nitrogens with one attached hydrogen (secondary N) is 3. The van der Waals surface area contributed by atoms with E-state index in [1.54, 1.807) is 93.2 Å². The second-order valence-electron chi connectivity index (χ2n) is 24.7. The molecule has 3 aliphatic rings. The van der Waals surface area contributed by atoms with Crippen molar-refractivity contribution in [1.82, 2.24) is 20.5 Å². The van der Waals surface area contributed by atoms with Crippen LogP contribution < -0.4 is 39.6 Å². The lowest BCUT2D eigenvalue weighted by atomic mass is 10.0. The molecule has 5 aromatic carbocycles. The predicted molar refractivity (Wildman–Crippen MR) is 344 cm³/mol. The maximum absolute atomic E-state index is 14.7. The van der Waals surface area contributed by atoms with Crippen molar-refractivity contribution in [2.75, 3.05) is 65.1 Å². The van der Waals surface area contributed by atoms with Gasteiger partial charge in [0.05, 0.1) is 47.5 Å². The molecule has 0 spiro atoms. The van der Waals surface area contributed by atoms with Crippen LogP contribution in [-0.2, 0) is 58.0 Å². The summed E-state index contributed by atoms with van der Waals surface area (Å²) in [4.78, 5) is 95.4. The van der Waals surface area contributed by atoms with Crippen LogP contribution in [0.15, 0.2) is 125 Å². The number of fused-ring (bicyclic) bond motifs is 2. The van der Waals surface area contributed by atoms with Crippen molar-refractivity contribution < 1.29 is 76.0 Å². The maximum Gasteiger partial charge on any atom is 0.413 e. The normalized spacial score (nSPS) is 16.4. The lowest BCUT2D eigenvalue weighted by Gasteiger charge is -2.50. The minimum absolute atomic E-state index is 0.0466. The van der Waals surface area contributed by atoms with Gasteiger partial charge in [-0.3, -0.25) is 24.6 Å². The molecular weight excluding hydrogens is 1210 g/mol. The number of methoxy groups -OCH3 is 3. The highest BCUT2D eigenvalue weighted by atomic mass is 32.2. The van der Waals surface area contributed by atoms with E-state index in [0.717, 1.165) is 70.7 Å². The molecule has 24 heteroatoms. The number of benzene rings is 5. The van der Waals surface area contributed by atoms with Crippen molar-refractivity contribution in [3.05, 3.63) is 148 Å². The molecule has 6 aromatic rings. The van der Waals surface area contributed by atoms with Gasteiger partial charge < -0.3 is 57.8 Å². The fourth-order valence-corrected chi connectivity index (χ4v) is 12.4. The Morgan fingerprint density at radius 3 is 1.82 bits per heavy atom. The molecule has 0 bridgehead atoms. The molecule has 0 aliphatic carbocycles. The summed E-state index contributed by atoms with van der Waals surface area (Å²) < 4.78 is 46.3. The lowest BCUT2D eigenvalue weighted by molar-refractivity contribution is -0.911. The second-order valence-corrected chi connectivity index (χ2v) is 26.7. The summed E-state index contributed by atoms with van der Waals surface area (Å²) >= 11 is 2.35. The number of thiazole rings is 1. The average Bonchev–Trinajstić information content (AvgIpc) is 0.969. The number of thioether (sulfide) groups is 1. The van der Waals surface area contributed by atoms with Gasteiger partial charge >= 0.3 is 18.0 Å². The van der Waals surface area contributed by atoms with Crippen LogP contribution >= 0.6 is 23.1 Å². The van der Waals surface area contributed by atoms with Gasteiger partial charge in [0.15, 0.2) is 22.3 Å². The zero-order valence-electron chi connectivity index (χ0n) is 53.1. The van der Waals surface area contributed by atoms with Crippen molar-refractivity contribution >= 4 is 80.5 Å². The summed E-state index contributed by atoms with van der Waals surface area (Å²) in [5, 5.41) is 15.0. The fraction of sp³-hybridized carbons (Fsp3) is 0.403. The standard InChI is InChI=1S/C67H77N7O15S2/c1-65(2,3)87-62(79)67(7,8)89-72-54(51-40-91-63(69-51)71-64(80)88-66(4,5)6)58(76)70-55-59(77)73-56(61(78)86-38-43-18-26-50(83-11)27-19-43)47(39-90-60(55)73)35-74(29-12-13-30-74)31-28-68-57(75)45-21-20-44-33-52(84-36-41-14-22-48(81-9)23-15-41)53(34-46(44)32-45)85-37-42-16-24-49(82-10)25-17-42/h14-27,32-34,40,55,60H,12-13,28-31,35-39H2,1-11H3,(H2-,68,69,70,71,75,76,80)/p+1/b72-54-/t55-,60-/m1/s1. The highest BCUT2D eigenvalue weighted by molar-refractivity contribution is 8.00. The minimum atomic E-state index is -1.70. The second kappa shape index (κ2) is 28.5. The number of β-lactam (4-membered cyclic amide) rings is 1. The summed E-state index contributed by atoms with van der Waals surface area (Å²) in [5.41, 5.74) is -0.0564. The van der Waals surface area contributed by atoms with Crippen molar-refractivity contribution in [2.45, 2.75) is 116 Å². The molecule has 4 amide bonds. The summed E-state index contributed by atoms with van der Waals surface area (Å²) in [6.07, 6.45) is 1.03. The van der Waals surface area contributed by atoms with Crippen LogP contribution in [0.25, 0.3) is 10.8 Å². The first-order valence-corrected chi connectivity index (χ1v) is 31.7. The van der Waals surface area contributed by atoms with Crippen LogP contribution in [0.3, 0.4) is 0 Å². The molecule has 91 heavy (non-hydrogen) atoms. The SMILES string of the molecule is COc1ccc(COC(=O)C2=C(C[N+]3(CCNC(=O)c4ccc5cc(OCc6ccc(OC)cc6)c(OCc6ccc(OC)cc6)cc5c4)CCCC3)CS[C@@H]3[C@H](NC(=O)/C(=N\OC(C)(C)C(=O)OC(C)(C)C)c4csc(NC(=O)OC(C)(C)C)n4)C(=O)N23)cc1. The summed E-state index contributed by atoms with van der Waals surface area (Å²) in [5.74, 6) is 0.232. The van der Waals surface area contributed by atoms with Crippen LogP contribution in [-0.4, -0.2) is 144 Å². The zero-order chi connectivity index (χ0) is 65.3. The Balaban J connectivity index is 0.930. The molecule has 1 aromatic heterocycles. The highest BCUT2D eigenvalue weighted by Crippen LogP contribution is 2.43. The molecule has 0 radical (unpaired) electrons. The number of quaternary nitrogens is 1. The first-order chi connectivity index (χ1) is 43.3. The third kappa shape index (κ3) is 17.1. The summed E-state index contributed by atoms with van der Waals surface area (Å²) in [6, 6.07) is 30.5. The van der Waals surface area contributed by atoms with Gasteiger partial charge in [-0.05, 0) is 144 Å². The van der Waals surface area contributed by atoms with E-state index in [4.69, 9.17) is 42.7 Å². The topological polar surface area (TPSA) is 250 Å². The number of likely N-dealkylation sites (tertiary alicyclic amines) is 1. The summed E-state index contributed by atoms with van der Waals surface area (Å²) in [7, 11) is 4.79. The smallest absolute Gasteiger partial charge is 0.413 e. The Morgan fingerprint density at radius 1 is 0.703 bits per heavy atom. The highest BCUT2D eigenvalue weighted by Gasteiger charge is 2.56. The van der Waals surface area contributed by atoms with Crippen LogP contribution in [0.4, 0.5) is 9.93 Å². The van der Waals surface area contributed by atoms with Crippen LogP contribution in [0.5, 0.6) is 28.7 Å². The predicted octanol–water partition coefficient (Wildman–Crippen LogP) is 10.1. The molecule has 9 rings (SSSR count). The van der Waals surface area contributed by atoms with E-state index in [-0.39, 0.29) is 42.3 Å². The Morgan fingerprint density at radius 2 is 1.26 bits per heavy atom. The van der Waals surface area contributed by atoms with Gasteiger partial charge in [0, 0.05) is 35.1 Å². The minimum Gasteiger partial charge on any atom is -0.497 e. The zero-order valence-corrected chi connectivity index (χ0v) is 54.7. The number of hydrogen-bond acceptors (Lipinski definition) is 19. The lowest BCUT2D eigenvalue weighted by Crippen LogP contribution is -2.71. The van der Waals surface area contributed by atoms with Crippen LogP contribution in [0.1, 0.15) is 101 Å². The number of anilines is 1. The number of amides is 4. The maximum atomic E-state index is 14.7. The van der Waals surface area contributed by atoms with Gasteiger partial charge in [-0.15, -0.1) is 23.1 Å². The van der Waals surface area contributed by atoms with Gasteiger partial charge in [-0.1, -0.05) is 47.6 Å². The number of oxime groups is 1. The van der Waals surface area contributed by atoms with Gasteiger partial charge in [0.2, 0.25) is 5.60 Å². The molecule has 3 aliphatic heterocycles. The van der Waals surface area contributed by atoms with Crippen LogP contribution in [0, 0.1) is 0 Å². The van der Waals surface area contributed by atoms with Gasteiger partial charge in [-0.25, -0.2) is 19.4 Å². The number of ether oxygens (including phenoxy) is 8. The number of rotatable bonds is 25. The van der Waals surface area contributed by atoms with Gasteiger partial charge in [-0.2, -0.15) is 0 Å². The van der Waals surface area contributed by atoms with Gasteiger partial charge in [0.1, 0.15) is 77.6 Å². The third-order valence-corrected chi connectivity index (χ3v) is 17.2. The molecule has 0 unspecified atom stereocenters. The van der Waals surface area contributed by atoms with E-state index in [0.29, 0.717) is 63.8 Å². The number of carbonyl (C=O) groups excluding carboxylic acids is 6. The Bertz CT molecular complexity index is 3700. The Kier molecular flexibility index (Phi) is 20.9. The molecular formula is C67H78N7O15S2+. The monoisotopic (exact) mass is 1280 g/mol. The Hall–Kier alpha value is -8.87. The van der Waals surface area contributed by atoms with Crippen molar-refractivity contribution in [3.63, 3.8) is 0 Å². The quantitative estimate of drug-likeness (QED) is 0.0120. The first kappa shape index (κ1) is 66.5. The molecule has 3 N–H and O–H groups in total. The molecule has 2 saturated heterocycles. The van der Waals surface area contributed by atoms with Crippen LogP contribution in [0.2, 0.25) is 0 Å².